The summed E-state index contributed by atoms with van der Waals surface area (Å²) in [5, 5.41) is 7.59. The lowest BCUT2D eigenvalue weighted by atomic mass is 10.1. The Kier molecular flexibility index (Phi) is 6.41. The van der Waals surface area contributed by atoms with Gasteiger partial charge in [0.2, 0.25) is 0 Å². The van der Waals surface area contributed by atoms with Gasteiger partial charge in [0.05, 0.1) is 5.69 Å². The first-order chi connectivity index (χ1) is 13.9. The Balaban J connectivity index is 1.86. The quantitative estimate of drug-likeness (QED) is 0.554. The highest BCUT2D eigenvalue weighted by molar-refractivity contribution is 6.30. The first-order valence-electron chi connectivity index (χ1n) is 8.81. The molecule has 1 heterocycles. The zero-order valence-corrected chi connectivity index (χ0v) is 16.4. The van der Waals surface area contributed by atoms with Crippen molar-refractivity contribution in [2.24, 2.45) is 10.7 Å². The number of hydrogen-bond donors (Lipinski definition) is 2. The number of Topliss-reactive ketones (excluding diaryl/α,β-unsaturated/α-hetero) is 1. The number of ketones is 1. The summed E-state index contributed by atoms with van der Waals surface area (Å²) in [6.45, 7) is 1.41. The molecule has 3 rings (SSSR count). The number of H-pyrrole nitrogens is 1. The molecule has 0 fully saturated rings. The third-order valence-electron chi connectivity index (χ3n) is 4.04. The monoisotopic (exact) mass is 410 g/mol. The van der Waals surface area contributed by atoms with Gasteiger partial charge in [-0.3, -0.25) is 14.7 Å². The number of primary amides is 1. The van der Waals surface area contributed by atoms with Crippen LogP contribution in [0.5, 0.6) is 5.75 Å². The fraction of sp³-hybridized carbons (Fsp3) is 0.143. The number of aliphatic imine (C=N–C) groups is 1. The Labute approximate surface area is 172 Å². The van der Waals surface area contributed by atoms with Crippen molar-refractivity contribution in [3.8, 4) is 5.75 Å². The van der Waals surface area contributed by atoms with Gasteiger partial charge in [-0.05, 0) is 36.8 Å². The van der Waals surface area contributed by atoms with Gasteiger partial charge in [-0.15, -0.1) is 0 Å². The van der Waals surface area contributed by atoms with E-state index >= 15 is 0 Å². The number of aromatic nitrogens is 2. The van der Waals surface area contributed by atoms with Gasteiger partial charge in [0.15, 0.2) is 11.6 Å². The van der Waals surface area contributed by atoms with Crippen LogP contribution in [-0.2, 0) is 11.2 Å². The molecular weight excluding hydrogens is 392 g/mol. The van der Waals surface area contributed by atoms with E-state index in [9.17, 15) is 9.59 Å². The fourth-order valence-corrected chi connectivity index (χ4v) is 2.81. The summed E-state index contributed by atoms with van der Waals surface area (Å²) in [4.78, 5) is 27.5. The average molecular weight is 411 g/mol. The molecule has 0 aliphatic heterocycles. The van der Waals surface area contributed by atoms with Crippen LogP contribution in [-0.4, -0.2) is 34.7 Å². The molecule has 1 amide bonds. The summed E-state index contributed by atoms with van der Waals surface area (Å²) >= 11 is 5.91. The second-order valence-electron chi connectivity index (χ2n) is 6.35. The molecule has 1 aromatic heterocycles. The zero-order chi connectivity index (χ0) is 20.8. The number of para-hydroxylation sites is 1. The van der Waals surface area contributed by atoms with Crippen molar-refractivity contribution < 1.29 is 14.3 Å². The van der Waals surface area contributed by atoms with Crippen LogP contribution in [0.2, 0.25) is 5.02 Å². The second kappa shape index (κ2) is 9.16. The summed E-state index contributed by atoms with van der Waals surface area (Å²) in [7, 11) is 0. The second-order valence-corrected chi connectivity index (χ2v) is 6.79. The number of hydrogen-bond acceptors (Lipinski definition) is 5. The van der Waals surface area contributed by atoms with Crippen LogP contribution in [0.15, 0.2) is 53.5 Å². The van der Waals surface area contributed by atoms with Crippen molar-refractivity contribution in [1.29, 1.82) is 0 Å². The van der Waals surface area contributed by atoms with Gasteiger partial charge in [0.1, 0.15) is 17.9 Å². The van der Waals surface area contributed by atoms with Crippen LogP contribution >= 0.6 is 11.6 Å². The molecule has 0 aliphatic rings. The number of carbonyl (C=O) groups excluding carboxylic acids is 2. The molecule has 3 aromatic rings. The van der Waals surface area contributed by atoms with Crippen LogP contribution in [0.1, 0.15) is 34.1 Å². The maximum atomic E-state index is 12.0. The number of ether oxygens (including phenoxy) is 1. The molecule has 0 unspecified atom stereocenters. The topological polar surface area (TPSA) is 110 Å². The molecule has 0 saturated carbocycles. The van der Waals surface area contributed by atoms with Crippen molar-refractivity contribution in [1.82, 2.24) is 10.2 Å². The van der Waals surface area contributed by atoms with E-state index < -0.39 is 5.91 Å². The predicted molar refractivity (Wildman–Crippen MR) is 111 cm³/mol. The van der Waals surface area contributed by atoms with E-state index in [0.717, 1.165) is 5.56 Å². The molecule has 3 N–H and O–H groups in total. The number of halogens is 1. The molecule has 7 nitrogen and oxygen atoms in total. The molecule has 0 aliphatic carbocycles. The smallest absolute Gasteiger partial charge is 0.254 e. The average Bonchev–Trinajstić information content (AvgIpc) is 3.09. The standard InChI is InChI=1S/C21H19ClN4O3/c1-13(27)12-29-18-5-3-2-4-15(18)11-24-21-19(20(23)28)17(25-26-21)10-14-6-8-16(22)9-7-14/h2-9,11H,10,12H2,1H3,(H2,23,28)(H,25,26). The normalized spacial score (nSPS) is 11.0. The third-order valence-corrected chi connectivity index (χ3v) is 4.29. The van der Waals surface area contributed by atoms with Crippen molar-refractivity contribution >= 4 is 35.3 Å². The molecule has 0 bridgehead atoms. The summed E-state index contributed by atoms with van der Waals surface area (Å²) in [6.07, 6.45) is 1.94. The van der Waals surface area contributed by atoms with E-state index in [2.05, 4.69) is 15.2 Å². The summed E-state index contributed by atoms with van der Waals surface area (Å²) in [5.74, 6) is -0.0327. The molecule has 0 spiro atoms. The van der Waals surface area contributed by atoms with Crippen LogP contribution in [0.25, 0.3) is 0 Å². The molecule has 8 heteroatoms. The summed E-state index contributed by atoms with van der Waals surface area (Å²) in [5.41, 5.74) is 7.93. The van der Waals surface area contributed by atoms with Gasteiger partial charge < -0.3 is 10.5 Å². The number of carbonyl (C=O) groups is 2. The summed E-state index contributed by atoms with van der Waals surface area (Å²) in [6, 6.07) is 14.4. The van der Waals surface area contributed by atoms with Crippen molar-refractivity contribution in [2.75, 3.05) is 6.61 Å². The first kappa shape index (κ1) is 20.3. The Hall–Kier alpha value is -3.45. The third kappa shape index (κ3) is 5.30. The molecule has 0 saturated heterocycles. The Bertz CT molecular complexity index is 1060. The minimum atomic E-state index is -0.629. The highest BCUT2D eigenvalue weighted by Gasteiger charge is 2.18. The largest absolute Gasteiger partial charge is 0.485 e. The maximum Gasteiger partial charge on any atom is 0.254 e. The molecule has 2 aromatic carbocycles. The molecule has 0 atom stereocenters. The number of nitrogens with one attached hydrogen (secondary N) is 1. The van der Waals surface area contributed by atoms with Crippen LogP contribution in [0.3, 0.4) is 0 Å². The lowest BCUT2D eigenvalue weighted by Gasteiger charge is -2.06. The summed E-state index contributed by atoms with van der Waals surface area (Å²) < 4.78 is 5.49. The van der Waals surface area contributed by atoms with E-state index in [0.29, 0.717) is 28.5 Å². The molecule has 148 valence electrons. The van der Waals surface area contributed by atoms with Gasteiger partial charge in [0, 0.05) is 23.2 Å². The number of rotatable bonds is 8. The number of nitrogens with zero attached hydrogens (tertiary/aromatic N) is 2. The van der Waals surface area contributed by atoms with E-state index in [4.69, 9.17) is 22.1 Å². The van der Waals surface area contributed by atoms with Gasteiger partial charge >= 0.3 is 0 Å². The zero-order valence-electron chi connectivity index (χ0n) is 15.7. The number of nitrogens with two attached hydrogens (primary N) is 1. The minimum absolute atomic E-state index is 0.0367. The Morgan fingerprint density at radius 1 is 1.21 bits per heavy atom. The van der Waals surface area contributed by atoms with Gasteiger partial charge in [-0.1, -0.05) is 35.9 Å². The number of aromatic amines is 1. The fourth-order valence-electron chi connectivity index (χ4n) is 2.68. The first-order valence-corrected chi connectivity index (χ1v) is 9.18. The lowest BCUT2D eigenvalue weighted by Crippen LogP contribution is -2.13. The van der Waals surface area contributed by atoms with E-state index in [1.165, 1.54) is 13.1 Å². The van der Waals surface area contributed by atoms with Gasteiger partial charge in [-0.25, -0.2) is 4.99 Å². The lowest BCUT2D eigenvalue weighted by molar-refractivity contribution is -0.118. The van der Waals surface area contributed by atoms with Crippen LogP contribution in [0, 0.1) is 0 Å². The number of benzene rings is 2. The Morgan fingerprint density at radius 2 is 1.93 bits per heavy atom. The minimum Gasteiger partial charge on any atom is -0.485 e. The molecule has 29 heavy (non-hydrogen) atoms. The molecular formula is C21H19ClN4O3. The maximum absolute atomic E-state index is 12.0. The highest BCUT2D eigenvalue weighted by atomic mass is 35.5. The van der Waals surface area contributed by atoms with Crippen LogP contribution < -0.4 is 10.5 Å². The van der Waals surface area contributed by atoms with Crippen molar-refractivity contribution in [3.63, 3.8) is 0 Å². The highest BCUT2D eigenvalue weighted by Crippen LogP contribution is 2.23. The van der Waals surface area contributed by atoms with Gasteiger partial charge in [0.25, 0.3) is 5.91 Å². The van der Waals surface area contributed by atoms with E-state index in [1.54, 1.807) is 30.3 Å². The van der Waals surface area contributed by atoms with Crippen molar-refractivity contribution in [2.45, 2.75) is 13.3 Å². The Morgan fingerprint density at radius 3 is 2.62 bits per heavy atom. The van der Waals surface area contributed by atoms with E-state index in [1.807, 2.05) is 18.2 Å². The van der Waals surface area contributed by atoms with Crippen molar-refractivity contribution in [3.05, 3.63) is 75.9 Å². The van der Waals surface area contributed by atoms with Crippen LogP contribution in [0.4, 0.5) is 5.82 Å². The predicted octanol–water partition coefficient (Wildman–Crippen LogP) is 3.47. The molecule has 0 radical (unpaired) electrons. The van der Waals surface area contributed by atoms with Gasteiger partial charge in [-0.2, -0.15) is 5.10 Å². The number of amides is 1. The van der Waals surface area contributed by atoms with E-state index in [-0.39, 0.29) is 23.8 Å². The SMILES string of the molecule is CC(=O)COc1ccccc1C=Nc1n[nH]c(Cc2ccc(Cl)cc2)c1C(N)=O.